The van der Waals surface area contributed by atoms with E-state index in [1.54, 1.807) is 21.3 Å². The highest BCUT2D eigenvalue weighted by atomic mass is 32.1. The molecule has 1 N–H and O–H groups in total. The van der Waals surface area contributed by atoms with Gasteiger partial charge in [0.1, 0.15) is 11.6 Å². The Morgan fingerprint density at radius 2 is 1.79 bits per heavy atom. The molecule has 1 aromatic heterocycles. The highest BCUT2D eigenvalue weighted by Gasteiger charge is 2.11. The van der Waals surface area contributed by atoms with Gasteiger partial charge in [0.15, 0.2) is 17.0 Å². The number of methoxy groups -OCH3 is 3. The summed E-state index contributed by atoms with van der Waals surface area (Å²) in [7, 11) is 4.83. The fourth-order valence-corrected chi connectivity index (χ4v) is 2.13. The lowest BCUT2D eigenvalue weighted by molar-refractivity contribution is 0.347. The number of anilines is 1. The maximum atomic E-state index is 5.36. The van der Waals surface area contributed by atoms with Gasteiger partial charge in [0.05, 0.1) is 21.3 Å². The number of ether oxygens (including phenoxy) is 3. The van der Waals surface area contributed by atoms with E-state index in [0.29, 0.717) is 18.0 Å². The van der Waals surface area contributed by atoms with E-state index in [1.165, 1.54) is 11.3 Å². The van der Waals surface area contributed by atoms with Crippen LogP contribution in [0, 0.1) is 5.51 Å². The second kappa shape index (κ2) is 6.29. The summed E-state index contributed by atoms with van der Waals surface area (Å²) in [6.45, 7) is 0.584. The van der Waals surface area contributed by atoms with Gasteiger partial charge in [-0.1, -0.05) is 0 Å². The van der Waals surface area contributed by atoms with Crippen LogP contribution in [0.4, 0.5) is 5.82 Å². The lowest BCUT2D eigenvalue weighted by atomic mass is 10.1. The van der Waals surface area contributed by atoms with Crippen molar-refractivity contribution in [3.05, 3.63) is 28.6 Å². The summed E-state index contributed by atoms with van der Waals surface area (Å²) < 4.78 is 15.9. The Kier molecular flexibility index (Phi) is 4.46. The molecule has 0 amide bonds. The van der Waals surface area contributed by atoms with Crippen molar-refractivity contribution < 1.29 is 14.2 Å². The summed E-state index contributed by atoms with van der Waals surface area (Å²) >= 11 is 1.42. The molecule has 1 aromatic carbocycles. The van der Waals surface area contributed by atoms with Gasteiger partial charge in [-0.15, -0.1) is 11.3 Å². The Morgan fingerprint density at radius 1 is 1.11 bits per heavy atom. The highest BCUT2D eigenvalue weighted by molar-refractivity contribution is 7.07. The van der Waals surface area contributed by atoms with Gasteiger partial charge in [0, 0.05) is 23.6 Å². The topological polar surface area (TPSA) is 52.6 Å². The Labute approximate surface area is 116 Å². The monoisotopic (exact) mass is 279 g/mol. The van der Waals surface area contributed by atoms with Gasteiger partial charge in [0.25, 0.3) is 0 Å². The van der Waals surface area contributed by atoms with Crippen molar-refractivity contribution in [1.29, 1.82) is 0 Å². The third-order valence-electron chi connectivity index (χ3n) is 2.64. The third kappa shape index (κ3) is 3.08. The molecule has 0 saturated heterocycles. The van der Waals surface area contributed by atoms with Gasteiger partial charge in [-0.3, -0.25) is 0 Å². The molecule has 0 saturated carbocycles. The summed E-state index contributed by atoms with van der Waals surface area (Å²) in [4.78, 5) is 4.05. The molecular formula is C13H15N2O3S. The average Bonchev–Trinajstić information content (AvgIpc) is 2.97. The molecule has 0 aliphatic rings. The van der Waals surface area contributed by atoms with Gasteiger partial charge >= 0.3 is 0 Å². The van der Waals surface area contributed by atoms with Gasteiger partial charge in [-0.2, -0.15) is 0 Å². The Bertz CT molecular complexity index is 529. The predicted octanol–water partition coefficient (Wildman–Crippen LogP) is 2.58. The Hall–Kier alpha value is -1.95. The number of hydrogen-bond acceptors (Lipinski definition) is 6. The Balaban J connectivity index is 2.22. The molecule has 19 heavy (non-hydrogen) atoms. The maximum absolute atomic E-state index is 5.36. The summed E-state index contributed by atoms with van der Waals surface area (Å²) in [5.41, 5.74) is 3.75. The molecule has 0 aliphatic carbocycles. The first kappa shape index (κ1) is 13.5. The minimum atomic E-state index is 0.584. The van der Waals surface area contributed by atoms with Crippen LogP contribution in [0.3, 0.4) is 0 Å². The first-order valence-corrected chi connectivity index (χ1v) is 6.50. The van der Waals surface area contributed by atoms with Crippen LogP contribution in [0.1, 0.15) is 5.56 Å². The molecule has 2 rings (SSSR count). The number of thiazole rings is 1. The zero-order valence-electron chi connectivity index (χ0n) is 11.0. The van der Waals surface area contributed by atoms with E-state index in [2.05, 4.69) is 15.8 Å². The minimum Gasteiger partial charge on any atom is -0.496 e. The van der Waals surface area contributed by atoms with E-state index in [4.69, 9.17) is 14.2 Å². The quantitative estimate of drug-likeness (QED) is 0.880. The molecule has 2 aromatic rings. The SMILES string of the molecule is COc1cc(OC)c(OC)cc1CNc1cs[c]n1. The van der Waals surface area contributed by atoms with Gasteiger partial charge in [-0.25, -0.2) is 4.98 Å². The molecule has 5 nitrogen and oxygen atoms in total. The summed E-state index contributed by atoms with van der Waals surface area (Å²) in [5.74, 6) is 2.85. The van der Waals surface area contributed by atoms with Crippen LogP contribution in [-0.2, 0) is 6.54 Å². The zero-order chi connectivity index (χ0) is 13.7. The molecule has 0 unspecified atom stereocenters. The van der Waals surface area contributed by atoms with Crippen LogP contribution in [0.15, 0.2) is 17.5 Å². The third-order valence-corrected chi connectivity index (χ3v) is 3.17. The number of nitrogens with zero attached hydrogens (tertiary/aromatic N) is 1. The largest absolute Gasteiger partial charge is 0.496 e. The molecule has 6 heteroatoms. The molecule has 1 heterocycles. The van der Waals surface area contributed by atoms with E-state index in [1.807, 2.05) is 17.5 Å². The molecule has 101 valence electrons. The molecule has 0 atom stereocenters. The van der Waals surface area contributed by atoms with Crippen molar-refractivity contribution in [2.45, 2.75) is 6.54 Å². The molecule has 0 aliphatic heterocycles. The molecule has 0 spiro atoms. The van der Waals surface area contributed by atoms with Crippen LogP contribution >= 0.6 is 11.3 Å². The summed E-state index contributed by atoms with van der Waals surface area (Å²) in [6.07, 6.45) is 0. The van der Waals surface area contributed by atoms with E-state index < -0.39 is 0 Å². The maximum Gasteiger partial charge on any atom is 0.164 e. The first-order chi connectivity index (χ1) is 9.28. The fraction of sp³-hybridized carbons (Fsp3) is 0.308. The van der Waals surface area contributed by atoms with Crippen molar-refractivity contribution in [3.8, 4) is 17.2 Å². The van der Waals surface area contributed by atoms with Crippen LogP contribution < -0.4 is 19.5 Å². The van der Waals surface area contributed by atoms with Crippen LogP contribution in [0.5, 0.6) is 17.2 Å². The molecular weight excluding hydrogens is 264 g/mol. The summed E-state index contributed by atoms with van der Waals surface area (Å²) in [6, 6.07) is 3.70. The van der Waals surface area contributed by atoms with Gasteiger partial charge in [-0.05, 0) is 6.07 Å². The normalized spacial score (nSPS) is 10.1. The first-order valence-electron chi connectivity index (χ1n) is 5.62. The van der Waals surface area contributed by atoms with Crippen molar-refractivity contribution in [2.75, 3.05) is 26.6 Å². The number of aromatic nitrogens is 1. The molecule has 1 radical (unpaired) electrons. The lowest BCUT2D eigenvalue weighted by Crippen LogP contribution is -2.03. The minimum absolute atomic E-state index is 0.584. The number of hydrogen-bond donors (Lipinski definition) is 1. The second-order valence-corrected chi connectivity index (χ2v) is 4.35. The summed E-state index contributed by atoms with van der Waals surface area (Å²) in [5, 5.41) is 5.09. The van der Waals surface area contributed by atoms with Crippen molar-refractivity contribution in [2.24, 2.45) is 0 Å². The van der Waals surface area contributed by atoms with Gasteiger partial charge in [0.2, 0.25) is 0 Å². The Morgan fingerprint density at radius 3 is 2.37 bits per heavy atom. The molecule has 0 fully saturated rings. The second-order valence-electron chi connectivity index (χ2n) is 3.70. The van der Waals surface area contributed by atoms with Crippen molar-refractivity contribution in [1.82, 2.24) is 4.98 Å². The number of benzene rings is 1. The van der Waals surface area contributed by atoms with E-state index in [0.717, 1.165) is 17.1 Å². The fourth-order valence-electron chi connectivity index (χ4n) is 1.68. The lowest BCUT2D eigenvalue weighted by Gasteiger charge is -2.14. The molecule has 0 bridgehead atoms. The van der Waals surface area contributed by atoms with Crippen molar-refractivity contribution >= 4 is 17.2 Å². The smallest absolute Gasteiger partial charge is 0.164 e. The number of rotatable bonds is 6. The van der Waals surface area contributed by atoms with E-state index in [9.17, 15) is 0 Å². The number of nitrogens with one attached hydrogen (secondary N) is 1. The standard InChI is InChI=1S/C13H15N2O3S/c1-16-10-5-12(18-3)11(17-2)4-9(10)6-14-13-7-19-8-15-13/h4-5,7,14H,6H2,1-3H3. The van der Waals surface area contributed by atoms with Crippen LogP contribution in [0.25, 0.3) is 0 Å². The average molecular weight is 279 g/mol. The van der Waals surface area contributed by atoms with Crippen molar-refractivity contribution in [3.63, 3.8) is 0 Å². The zero-order valence-corrected chi connectivity index (χ0v) is 11.8. The van der Waals surface area contributed by atoms with Crippen LogP contribution in [-0.4, -0.2) is 26.3 Å². The highest BCUT2D eigenvalue weighted by Crippen LogP contribution is 2.34. The van der Waals surface area contributed by atoms with E-state index >= 15 is 0 Å². The van der Waals surface area contributed by atoms with Gasteiger partial charge < -0.3 is 19.5 Å². The van der Waals surface area contributed by atoms with E-state index in [-0.39, 0.29) is 0 Å². The van der Waals surface area contributed by atoms with Crippen LogP contribution in [0.2, 0.25) is 0 Å². The predicted molar refractivity (Wildman–Crippen MR) is 74.4 cm³/mol.